The fourth-order valence-corrected chi connectivity index (χ4v) is 2.53. The molecule has 23 heavy (non-hydrogen) atoms. The van der Waals surface area contributed by atoms with E-state index in [9.17, 15) is 0 Å². The van der Waals surface area contributed by atoms with Crippen molar-refractivity contribution in [2.24, 2.45) is 0 Å². The average molecular weight is 325 g/mol. The first-order chi connectivity index (χ1) is 11.2. The van der Waals surface area contributed by atoms with E-state index in [1.165, 1.54) is 5.56 Å². The van der Waals surface area contributed by atoms with Crippen LogP contribution < -0.4 is 5.32 Å². The molecule has 0 fully saturated rings. The highest BCUT2D eigenvalue weighted by Crippen LogP contribution is 2.21. The van der Waals surface area contributed by atoms with Crippen LogP contribution in [0.3, 0.4) is 0 Å². The predicted octanol–water partition coefficient (Wildman–Crippen LogP) is 3.62. The normalized spacial score (nSPS) is 11.0. The molecule has 0 saturated carbocycles. The molecule has 0 bridgehead atoms. The summed E-state index contributed by atoms with van der Waals surface area (Å²) in [5, 5.41) is 7.47. The third-order valence-corrected chi connectivity index (χ3v) is 3.69. The number of imidazole rings is 1. The number of hydrogen-bond donors (Lipinski definition) is 1. The van der Waals surface area contributed by atoms with E-state index in [0.717, 1.165) is 11.2 Å². The highest BCUT2D eigenvalue weighted by atomic mass is 35.5. The fraction of sp³-hybridized carbons (Fsp3) is 0.0625. The summed E-state index contributed by atoms with van der Waals surface area (Å²) in [6, 6.07) is 12.0. The summed E-state index contributed by atoms with van der Waals surface area (Å²) in [6.45, 7) is 2.06. The fourth-order valence-electron chi connectivity index (χ4n) is 2.37. The van der Waals surface area contributed by atoms with Gasteiger partial charge in [-0.3, -0.25) is 0 Å². The van der Waals surface area contributed by atoms with Gasteiger partial charge < -0.3 is 9.88 Å². The maximum absolute atomic E-state index is 5.95. The van der Waals surface area contributed by atoms with Gasteiger partial charge in [0.15, 0.2) is 5.82 Å². The van der Waals surface area contributed by atoms with Crippen molar-refractivity contribution in [3.8, 4) is 5.69 Å². The van der Waals surface area contributed by atoms with Crippen molar-refractivity contribution >= 4 is 28.8 Å². The maximum Gasteiger partial charge on any atom is 0.243 e. The minimum Gasteiger partial charge on any atom is -0.322 e. The van der Waals surface area contributed by atoms with Crippen molar-refractivity contribution in [1.82, 2.24) is 24.1 Å². The van der Waals surface area contributed by atoms with Gasteiger partial charge in [0.25, 0.3) is 0 Å². The van der Waals surface area contributed by atoms with E-state index in [1.54, 1.807) is 10.8 Å². The zero-order valence-corrected chi connectivity index (χ0v) is 13.1. The number of rotatable bonds is 3. The van der Waals surface area contributed by atoms with Gasteiger partial charge in [-0.25, -0.2) is 9.50 Å². The van der Waals surface area contributed by atoms with Crippen LogP contribution in [-0.2, 0) is 0 Å². The Morgan fingerprint density at radius 2 is 1.96 bits per heavy atom. The number of nitrogens with zero attached hydrogens (tertiary/aromatic N) is 5. The summed E-state index contributed by atoms with van der Waals surface area (Å²) in [4.78, 5) is 8.61. The highest BCUT2D eigenvalue weighted by Gasteiger charge is 2.08. The summed E-state index contributed by atoms with van der Waals surface area (Å²) < 4.78 is 3.62. The topological polar surface area (TPSA) is 60.0 Å². The van der Waals surface area contributed by atoms with Crippen LogP contribution in [0.2, 0.25) is 5.28 Å². The van der Waals surface area contributed by atoms with E-state index in [0.29, 0.717) is 11.6 Å². The molecule has 114 valence electrons. The molecule has 3 heterocycles. The summed E-state index contributed by atoms with van der Waals surface area (Å²) in [6.07, 6.45) is 5.48. The number of aromatic nitrogens is 5. The van der Waals surface area contributed by atoms with Crippen molar-refractivity contribution < 1.29 is 0 Å². The molecule has 0 radical (unpaired) electrons. The van der Waals surface area contributed by atoms with E-state index in [2.05, 4.69) is 39.4 Å². The Kier molecular flexibility index (Phi) is 3.24. The van der Waals surface area contributed by atoms with E-state index in [1.807, 2.05) is 41.2 Å². The lowest BCUT2D eigenvalue weighted by Crippen LogP contribution is -2.01. The molecule has 0 unspecified atom stereocenters. The van der Waals surface area contributed by atoms with Crippen molar-refractivity contribution in [1.29, 1.82) is 0 Å². The quantitative estimate of drug-likeness (QED) is 0.625. The molecule has 3 aromatic heterocycles. The molecular formula is C16H13ClN6. The number of nitrogens with one attached hydrogen (secondary N) is 1. The van der Waals surface area contributed by atoms with E-state index < -0.39 is 0 Å². The van der Waals surface area contributed by atoms with Crippen LogP contribution in [0.25, 0.3) is 11.2 Å². The molecule has 7 heteroatoms. The van der Waals surface area contributed by atoms with Crippen LogP contribution in [-0.4, -0.2) is 24.1 Å². The summed E-state index contributed by atoms with van der Waals surface area (Å²) in [5.74, 6) is 1.30. The molecule has 1 N–H and O–H groups in total. The lowest BCUT2D eigenvalue weighted by molar-refractivity contribution is 0.907. The SMILES string of the molecule is Cc1ccc(-n2cnc(Nc3nc(Cl)nn4cccc34)c2)cc1. The second kappa shape index (κ2) is 5.40. The third kappa shape index (κ3) is 2.64. The summed E-state index contributed by atoms with van der Waals surface area (Å²) in [7, 11) is 0. The second-order valence-corrected chi connectivity index (χ2v) is 5.53. The molecule has 0 aliphatic heterocycles. The van der Waals surface area contributed by atoms with Gasteiger partial charge in [0, 0.05) is 11.9 Å². The number of halogens is 1. The van der Waals surface area contributed by atoms with Gasteiger partial charge >= 0.3 is 0 Å². The van der Waals surface area contributed by atoms with Gasteiger partial charge in [-0.05, 0) is 42.8 Å². The van der Waals surface area contributed by atoms with E-state index in [4.69, 9.17) is 11.6 Å². The zero-order chi connectivity index (χ0) is 15.8. The number of aryl methyl sites for hydroxylation is 1. The first-order valence-electron chi connectivity index (χ1n) is 7.08. The summed E-state index contributed by atoms with van der Waals surface area (Å²) in [5.41, 5.74) is 3.10. The predicted molar refractivity (Wildman–Crippen MR) is 89.6 cm³/mol. The largest absolute Gasteiger partial charge is 0.322 e. The van der Waals surface area contributed by atoms with Crippen molar-refractivity contribution in [3.63, 3.8) is 0 Å². The molecule has 0 aliphatic rings. The smallest absolute Gasteiger partial charge is 0.243 e. The van der Waals surface area contributed by atoms with Crippen LogP contribution in [0.1, 0.15) is 5.56 Å². The van der Waals surface area contributed by atoms with Crippen LogP contribution in [0, 0.1) is 6.92 Å². The molecule has 6 nitrogen and oxygen atoms in total. The molecule has 0 amide bonds. The molecule has 0 atom stereocenters. The lowest BCUT2D eigenvalue weighted by Gasteiger charge is -2.05. The Hall–Kier alpha value is -2.86. The molecule has 0 saturated heterocycles. The van der Waals surface area contributed by atoms with Crippen LogP contribution in [0.15, 0.2) is 55.1 Å². The molecule has 4 aromatic rings. The van der Waals surface area contributed by atoms with Crippen LogP contribution in [0.5, 0.6) is 0 Å². The standard InChI is InChI=1S/C16H13ClN6/c1-11-4-6-12(7-5-11)22-9-14(18-10-22)19-15-13-3-2-8-23(13)21-16(17)20-15/h2-10H,1H3,(H,19,20,21). The number of fused-ring (bicyclic) bond motifs is 1. The number of benzene rings is 1. The van der Waals surface area contributed by atoms with Gasteiger partial charge in [-0.1, -0.05) is 17.7 Å². The first kappa shape index (κ1) is 13.8. The van der Waals surface area contributed by atoms with Gasteiger partial charge in [0.1, 0.15) is 17.7 Å². The third-order valence-electron chi connectivity index (χ3n) is 3.53. The highest BCUT2D eigenvalue weighted by molar-refractivity contribution is 6.28. The lowest BCUT2D eigenvalue weighted by atomic mass is 10.2. The zero-order valence-electron chi connectivity index (χ0n) is 12.3. The Morgan fingerprint density at radius 3 is 2.78 bits per heavy atom. The van der Waals surface area contributed by atoms with E-state index in [-0.39, 0.29) is 5.28 Å². The van der Waals surface area contributed by atoms with Crippen LogP contribution >= 0.6 is 11.6 Å². The average Bonchev–Trinajstić information content (AvgIpc) is 3.17. The van der Waals surface area contributed by atoms with Gasteiger partial charge in [-0.2, -0.15) is 4.98 Å². The Labute approximate surface area is 137 Å². The van der Waals surface area contributed by atoms with Crippen molar-refractivity contribution in [2.75, 3.05) is 5.32 Å². The Bertz CT molecular complexity index is 970. The molecule has 0 aliphatic carbocycles. The van der Waals surface area contributed by atoms with Crippen LogP contribution in [0.4, 0.5) is 11.6 Å². The first-order valence-corrected chi connectivity index (χ1v) is 7.46. The van der Waals surface area contributed by atoms with Crippen molar-refractivity contribution in [2.45, 2.75) is 6.92 Å². The number of anilines is 2. The second-order valence-electron chi connectivity index (χ2n) is 5.19. The monoisotopic (exact) mass is 324 g/mol. The number of hydrogen-bond acceptors (Lipinski definition) is 4. The molecule has 1 aromatic carbocycles. The molecular weight excluding hydrogens is 312 g/mol. The van der Waals surface area contributed by atoms with Gasteiger partial charge in [0.2, 0.25) is 5.28 Å². The Morgan fingerprint density at radius 1 is 1.13 bits per heavy atom. The Balaban J connectivity index is 1.67. The summed E-state index contributed by atoms with van der Waals surface area (Å²) >= 11 is 5.95. The maximum atomic E-state index is 5.95. The molecule has 0 spiro atoms. The molecule has 4 rings (SSSR count). The minimum absolute atomic E-state index is 0.175. The van der Waals surface area contributed by atoms with Crippen molar-refractivity contribution in [3.05, 3.63) is 66.0 Å². The van der Waals surface area contributed by atoms with Gasteiger partial charge in [-0.15, -0.1) is 5.10 Å². The minimum atomic E-state index is 0.175. The van der Waals surface area contributed by atoms with Gasteiger partial charge in [0.05, 0.1) is 6.20 Å². The van der Waals surface area contributed by atoms with E-state index >= 15 is 0 Å².